The molecular weight excluding hydrogens is 392 g/mol. The lowest BCUT2D eigenvalue weighted by Gasteiger charge is -2.33. The van der Waals surface area contributed by atoms with Crippen LogP contribution >= 0.6 is 27.7 Å². The number of nitrogens with zero attached hydrogens (tertiary/aromatic N) is 2. The number of carbonyl (C=O) groups excluding carboxylic acids is 2. The predicted octanol–water partition coefficient (Wildman–Crippen LogP) is 3.66. The van der Waals surface area contributed by atoms with Gasteiger partial charge in [-0.3, -0.25) is 9.69 Å². The van der Waals surface area contributed by atoms with Gasteiger partial charge in [-0.25, -0.2) is 9.79 Å². The number of amides is 1. The number of fused-ring (bicyclic) bond motifs is 1. The summed E-state index contributed by atoms with van der Waals surface area (Å²) in [7, 11) is 1.34. The minimum atomic E-state index is -0.515. The lowest BCUT2D eigenvalue weighted by atomic mass is 9.94. The number of methoxy groups -OCH3 is 1. The maximum absolute atomic E-state index is 12.8. The van der Waals surface area contributed by atoms with Crippen molar-refractivity contribution in [2.45, 2.75) is 31.6 Å². The van der Waals surface area contributed by atoms with Crippen molar-refractivity contribution in [3.63, 3.8) is 0 Å². The quantitative estimate of drug-likeness (QED) is 0.715. The van der Waals surface area contributed by atoms with Gasteiger partial charge in [0, 0.05) is 4.47 Å². The molecule has 0 radical (unpaired) electrons. The third kappa shape index (κ3) is 2.80. The summed E-state index contributed by atoms with van der Waals surface area (Å²) in [6.45, 7) is 3.76. The average Bonchev–Trinajstić information content (AvgIpc) is 2.88. The zero-order chi connectivity index (χ0) is 17.4. The molecule has 0 bridgehead atoms. The second-order valence-corrected chi connectivity index (χ2v) is 7.65. The fraction of sp³-hybridized carbons (Fsp3) is 0.353. The summed E-state index contributed by atoms with van der Waals surface area (Å²) in [5.74, 6) is -0.474. The Morgan fingerprint density at radius 2 is 2.21 bits per heavy atom. The third-order valence-electron chi connectivity index (χ3n) is 4.09. The maximum Gasteiger partial charge on any atom is 0.338 e. The van der Waals surface area contributed by atoms with Crippen LogP contribution in [0.15, 0.2) is 45.0 Å². The van der Waals surface area contributed by atoms with E-state index < -0.39 is 12.0 Å². The lowest BCUT2D eigenvalue weighted by molar-refractivity contribution is -0.137. The Hall–Kier alpha value is -1.60. The molecule has 2 aliphatic heterocycles. The Morgan fingerprint density at radius 3 is 2.83 bits per heavy atom. The van der Waals surface area contributed by atoms with Crippen molar-refractivity contribution in [3.8, 4) is 0 Å². The van der Waals surface area contributed by atoms with E-state index >= 15 is 0 Å². The van der Waals surface area contributed by atoms with Gasteiger partial charge in [0.15, 0.2) is 5.17 Å². The molecule has 0 aliphatic carbocycles. The van der Waals surface area contributed by atoms with Crippen LogP contribution in [0.25, 0.3) is 0 Å². The van der Waals surface area contributed by atoms with E-state index in [2.05, 4.69) is 20.9 Å². The number of esters is 1. The summed E-state index contributed by atoms with van der Waals surface area (Å²) < 4.78 is 5.84. The molecule has 0 unspecified atom stereocenters. The minimum Gasteiger partial charge on any atom is -0.466 e. The number of allylic oxidation sites excluding steroid dienone is 1. The monoisotopic (exact) mass is 408 g/mol. The van der Waals surface area contributed by atoms with Crippen LogP contribution in [0.5, 0.6) is 0 Å². The zero-order valence-electron chi connectivity index (χ0n) is 13.6. The van der Waals surface area contributed by atoms with E-state index in [1.807, 2.05) is 31.2 Å². The Bertz CT molecular complexity index is 775. The molecule has 0 N–H and O–H groups in total. The predicted molar refractivity (Wildman–Crippen MR) is 97.6 cm³/mol. The number of amidine groups is 1. The first-order valence-corrected chi connectivity index (χ1v) is 9.28. The largest absolute Gasteiger partial charge is 0.466 e. The third-order valence-corrected chi connectivity index (χ3v) is 5.90. The van der Waals surface area contributed by atoms with Crippen LogP contribution in [-0.4, -0.2) is 34.3 Å². The average molecular weight is 409 g/mol. The second kappa shape index (κ2) is 6.72. The first-order chi connectivity index (χ1) is 11.5. The van der Waals surface area contributed by atoms with Crippen LogP contribution < -0.4 is 0 Å². The highest BCUT2D eigenvalue weighted by Crippen LogP contribution is 2.44. The Kier molecular flexibility index (Phi) is 4.83. The van der Waals surface area contributed by atoms with E-state index in [1.54, 1.807) is 11.8 Å². The first-order valence-electron chi connectivity index (χ1n) is 7.60. The number of hydrogen-bond acceptors (Lipinski definition) is 5. The van der Waals surface area contributed by atoms with Crippen LogP contribution in [0.4, 0.5) is 0 Å². The molecule has 5 nitrogen and oxygen atoms in total. The fourth-order valence-electron chi connectivity index (χ4n) is 2.95. The number of aliphatic imine (C=N–C) groups is 1. The van der Waals surface area contributed by atoms with Gasteiger partial charge in [0.2, 0.25) is 5.91 Å². The van der Waals surface area contributed by atoms with Gasteiger partial charge < -0.3 is 4.74 Å². The number of thioether (sulfide) groups is 1. The molecule has 1 aromatic rings. The molecule has 3 rings (SSSR count). The van der Waals surface area contributed by atoms with E-state index in [9.17, 15) is 9.59 Å². The molecule has 7 heteroatoms. The van der Waals surface area contributed by atoms with Gasteiger partial charge in [-0.1, -0.05) is 46.7 Å². The van der Waals surface area contributed by atoms with Gasteiger partial charge >= 0.3 is 5.97 Å². The van der Waals surface area contributed by atoms with E-state index in [1.165, 1.54) is 18.9 Å². The minimum absolute atomic E-state index is 0.0138. The highest BCUT2D eigenvalue weighted by atomic mass is 79.9. The summed E-state index contributed by atoms with van der Waals surface area (Å²) in [5.41, 5.74) is 1.85. The van der Waals surface area contributed by atoms with E-state index in [0.29, 0.717) is 16.4 Å². The molecule has 0 spiro atoms. The molecule has 1 aromatic carbocycles. The topological polar surface area (TPSA) is 59.0 Å². The van der Waals surface area contributed by atoms with Crippen molar-refractivity contribution < 1.29 is 14.3 Å². The fourth-order valence-corrected chi connectivity index (χ4v) is 4.50. The van der Waals surface area contributed by atoms with Gasteiger partial charge in [-0.15, -0.1) is 0 Å². The summed E-state index contributed by atoms with van der Waals surface area (Å²) in [4.78, 5) is 31.4. The SMILES string of the molecule is CC[C@H]1SC2=NC(C)=C(C(=O)OC)[C@@H](c3cccc(Br)c3)N2C1=O. The summed E-state index contributed by atoms with van der Waals surface area (Å²) in [6, 6.07) is 7.11. The van der Waals surface area contributed by atoms with Crippen molar-refractivity contribution >= 4 is 44.7 Å². The molecule has 0 saturated carbocycles. The van der Waals surface area contributed by atoms with Crippen molar-refractivity contribution in [1.82, 2.24) is 4.90 Å². The van der Waals surface area contributed by atoms with Crippen molar-refractivity contribution in [3.05, 3.63) is 45.6 Å². The van der Waals surface area contributed by atoms with Crippen molar-refractivity contribution in [1.29, 1.82) is 0 Å². The van der Waals surface area contributed by atoms with Crippen molar-refractivity contribution in [2.75, 3.05) is 7.11 Å². The number of rotatable bonds is 3. The standard InChI is InChI=1S/C17H17BrN2O3S/c1-4-12-15(21)20-14(10-6-5-7-11(18)8-10)13(16(22)23-3)9(2)19-17(20)24-12/h5-8,12,14H,4H2,1-3H3/t12-,14-/m1/s1. The molecule has 1 saturated heterocycles. The number of carbonyl (C=O) groups is 2. The van der Waals surface area contributed by atoms with Gasteiger partial charge in [0.05, 0.1) is 29.7 Å². The highest BCUT2D eigenvalue weighted by molar-refractivity contribution is 9.10. The molecule has 1 fully saturated rings. The molecule has 2 aliphatic rings. The van der Waals surface area contributed by atoms with Crippen LogP contribution in [0.2, 0.25) is 0 Å². The summed E-state index contributed by atoms with van der Waals surface area (Å²) in [5, 5.41) is 0.491. The van der Waals surface area contributed by atoms with Gasteiger partial charge in [0.25, 0.3) is 0 Å². The van der Waals surface area contributed by atoms with E-state index in [0.717, 1.165) is 16.5 Å². The smallest absolute Gasteiger partial charge is 0.338 e. The molecule has 1 amide bonds. The molecule has 126 valence electrons. The first kappa shape index (κ1) is 17.2. The summed E-state index contributed by atoms with van der Waals surface area (Å²) >= 11 is 4.92. The lowest BCUT2D eigenvalue weighted by Crippen LogP contribution is -2.40. The van der Waals surface area contributed by atoms with Crippen LogP contribution in [0.3, 0.4) is 0 Å². The number of hydrogen-bond donors (Lipinski definition) is 0. The molecular formula is C17H17BrN2O3S. The van der Waals surface area contributed by atoms with Crippen LogP contribution in [0, 0.1) is 0 Å². The number of ether oxygens (including phenoxy) is 1. The molecule has 2 heterocycles. The van der Waals surface area contributed by atoms with Crippen LogP contribution in [-0.2, 0) is 14.3 Å². The van der Waals surface area contributed by atoms with Crippen molar-refractivity contribution in [2.24, 2.45) is 4.99 Å². The maximum atomic E-state index is 12.8. The Morgan fingerprint density at radius 1 is 1.46 bits per heavy atom. The Balaban J connectivity index is 2.17. The van der Waals surface area contributed by atoms with Crippen LogP contribution in [0.1, 0.15) is 31.9 Å². The molecule has 2 atom stereocenters. The van der Waals surface area contributed by atoms with E-state index in [-0.39, 0.29) is 11.2 Å². The zero-order valence-corrected chi connectivity index (χ0v) is 16.0. The highest BCUT2D eigenvalue weighted by Gasteiger charge is 2.47. The van der Waals surface area contributed by atoms with Gasteiger partial charge in [0.1, 0.15) is 0 Å². The number of halogens is 1. The van der Waals surface area contributed by atoms with Gasteiger partial charge in [-0.05, 0) is 31.0 Å². The molecule has 0 aromatic heterocycles. The second-order valence-electron chi connectivity index (χ2n) is 5.57. The van der Waals surface area contributed by atoms with E-state index in [4.69, 9.17) is 4.74 Å². The number of benzene rings is 1. The van der Waals surface area contributed by atoms with Gasteiger partial charge in [-0.2, -0.15) is 0 Å². The normalized spacial score (nSPS) is 23.2. The Labute approximate surface area is 153 Å². The summed E-state index contributed by atoms with van der Waals surface area (Å²) in [6.07, 6.45) is 0.719. The molecule has 24 heavy (non-hydrogen) atoms.